The summed E-state index contributed by atoms with van der Waals surface area (Å²) >= 11 is 0. The summed E-state index contributed by atoms with van der Waals surface area (Å²) in [6.45, 7) is 2.68. The molecular formula is C9H14N4O3. The van der Waals surface area contributed by atoms with E-state index >= 15 is 0 Å². The zero-order valence-electron chi connectivity index (χ0n) is 9.25. The first kappa shape index (κ1) is 10.9. The molecule has 1 aromatic rings. The number of aromatic nitrogens is 2. The summed E-state index contributed by atoms with van der Waals surface area (Å²) < 4.78 is 1.51. The number of aryl methyl sites for hydroxylation is 2. The highest BCUT2D eigenvalue weighted by Crippen LogP contribution is 2.32. The van der Waals surface area contributed by atoms with E-state index in [1.165, 1.54) is 4.68 Å². The molecule has 88 valence electrons. The summed E-state index contributed by atoms with van der Waals surface area (Å²) in [5.74, 6) is 0.485. The standard InChI is InChI=1S/C9H14N4O3/c1-6-8(13(15)16)9(11(2)10-6)12-4-3-7(14)5-12/h7,14H,3-5H2,1-2H3/t7-/m0/s1. The second-order valence-electron chi connectivity index (χ2n) is 4.03. The Morgan fingerprint density at radius 2 is 2.31 bits per heavy atom. The fourth-order valence-corrected chi connectivity index (χ4v) is 2.14. The van der Waals surface area contributed by atoms with Gasteiger partial charge in [-0.2, -0.15) is 5.10 Å². The van der Waals surface area contributed by atoms with Crippen LogP contribution in [0.1, 0.15) is 12.1 Å². The van der Waals surface area contributed by atoms with Crippen LogP contribution in [0, 0.1) is 17.0 Å². The normalized spacial score (nSPS) is 20.4. The quantitative estimate of drug-likeness (QED) is 0.575. The minimum absolute atomic E-state index is 0.0385. The fraction of sp³-hybridized carbons (Fsp3) is 0.667. The van der Waals surface area contributed by atoms with Crippen molar-refractivity contribution in [1.82, 2.24) is 9.78 Å². The monoisotopic (exact) mass is 226 g/mol. The van der Waals surface area contributed by atoms with Gasteiger partial charge in [0, 0.05) is 20.1 Å². The first-order valence-electron chi connectivity index (χ1n) is 5.11. The number of hydrogen-bond donors (Lipinski definition) is 1. The van der Waals surface area contributed by atoms with Gasteiger partial charge in [-0.05, 0) is 13.3 Å². The molecule has 1 saturated heterocycles. The van der Waals surface area contributed by atoms with Gasteiger partial charge < -0.3 is 10.0 Å². The van der Waals surface area contributed by atoms with Crippen molar-refractivity contribution in [2.24, 2.45) is 7.05 Å². The molecular weight excluding hydrogens is 212 g/mol. The van der Waals surface area contributed by atoms with Crippen molar-refractivity contribution in [2.45, 2.75) is 19.4 Å². The number of nitrogens with zero attached hydrogens (tertiary/aromatic N) is 4. The Kier molecular flexibility index (Phi) is 2.55. The van der Waals surface area contributed by atoms with E-state index in [1.54, 1.807) is 14.0 Å². The highest BCUT2D eigenvalue weighted by Gasteiger charge is 2.32. The van der Waals surface area contributed by atoms with E-state index in [9.17, 15) is 15.2 Å². The molecule has 0 aliphatic carbocycles. The predicted octanol–water partition coefficient (Wildman–Crippen LogP) is 0.208. The van der Waals surface area contributed by atoms with Crippen LogP contribution < -0.4 is 4.90 Å². The van der Waals surface area contributed by atoms with Gasteiger partial charge in [0.1, 0.15) is 5.69 Å². The number of β-amino-alcohol motifs (C(OH)–C–C–N with tert-alkyl or cyclic N) is 1. The lowest BCUT2D eigenvalue weighted by Crippen LogP contribution is -2.24. The molecule has 0 radical (unpaired) electrons. The van der Waals surface area contributed by atoms with Gasteiger partial charge in [-0.3, -0.25) is 10.1 Å². The van der Waals surface area contributed by atoms with E-state index in [0.717, 1.165) is 0 Å². The van der Waals surface area contributed by atoms with Gasteiger partial charge in [-0.25, -0.2) is 4.68 Å². The van der Waals surface area contributed by atoms with Crippen LogP contribution in [0.15, 0.2) is 0 Å². The molecule has 1 fully saturated rings. The van der Waals surface area contributed by atoms with Crippen molar-refractivity contribution >= 4 is 11.5 Å². The van der Waals surface area contributed by atoms with Crippen molar-refractivity contribution < 1.29 is 10.0 Å². The maximum absolute atomic E-state index is 11.0. The van der Waals surface area contributed by atoms with Crippen molar-refractivity contribution in [1.29, 1.82) is 0 Å². The largest absolute Gasteiger partial charge is 0.391 e. The maximum Gasteiger partial charge on any atom is 0.333 e. The van der Waals surface area contributed by atoms with Crippen LogP contribution in [0.25, 0.3) is 0 Å². The number of aliphatic hydroxyl groups is 1. The van der Waals surface area contributed by atoms with Gasteiger partial charge in [0.05, 0.1) is 11.0 Å². The van der Waals surface area contributed by atoms with Crippen LogP contribution in [-0.4, -0.2) is 39.0 Å². The molecule has 2 rings (SSSR count). The van der Waals surface area contributed by atoms with Crippen molar-refractivity contribution in [3.8, 4) is 0 Å². The van der Waals surface area contributed by atoms with Gasteiger partial charge in [-0.15, -0.1) is 0 Å². The van der Waals surface area contributed by atoms with Crippen LogP contribution in [0.5, 0.6) is 0 Å². The zero-order valence-corrected chi connectivity index (χ0v) is 9.25. The minimum atomic E-state index is -0.414. The van der Waals surface area contributed by atoms with E-state index in [1.807, 2.05) is 4.90 Å². The third-order valence-corrected chi connectivity index (χ3v) is 2.81. The Morgan fingerprint density at radius 1 is 1.62 bits per heavy atom. The van der Waals surface area contributed by atoms with Gasteiger partial charge in [0.25, 0.3) is 0 Å². The average Bonchev–Trinajstić information content (AvgIpc) is 2.69. The first-order valence-corrected chi connectivity index (χ1v) is 5.11. The summed E-state index contributed by atoms with van der Waals surface area (Å²) in [7, 11) is 1.68. The van der Waals surface area contributed by atoms with Gasteiger partial charge >= 0.3 is 5.69 Å². The first-order chi connectivity index (χ1) is 7.50. The third kappa shape index (κ3) is 1.63. The Morgan fingerprint density at radius 3 is 2.81 bits per heavy atom. The molecule has 0 unspecified atom stereocenters. The van der Waals surface area contributed by atoms with E-state index in [4.69, 9.17) is 0 Å². The molecule has 16 heavy (non-hydrogen) atoms. The van der Waals surface area contributed by atoms with Gasteiger partial charge in [0.2, 0.25) is 5.82 Å². The number of rotatable bonds is 2. The van der Waals surface area contributed by atoms with Crippen LogP contribution in [-0.2, 0) is 7.05 Å². The molecule has 1 aromatic heterocycles. The molecule has 1 aliphatic heterocycles. The molecule has 0 aromatic carbocycles. The Hall–Kier alpha value is -1.63. The Bertz CT molecular complexity index is 429. The summed E-state index contributed by atoms with van der Waals surface area (Å²) in [6.07, 6.45) is 0.233. The molecule has 7 heteroatoms. The SMILES string of the molecule is Cc1nn(C)c(N2CC[C@H](O)C2)c1[N+](=O)[O-]. The lowest BCUT2D eigenvalue weighted by molar-refractivity contribution is -0.384. The number of hydrogen-bond acceptors (Lipinski definition) is 5. The summed E-state index contributed by atoms with van der Waals surface area (Å²) in [5, 5.41) is 24.5. The lowest BCUT2D eigenvalue weighted by Gasteiger charge is -2.16. The molecule has 0 bridgehead atoms. The minimum Gasteiger partial charge on any atom is -0.391 e. The summed E-state index contributed by atoms with van der Waals surface area (Å²) in [4.78, 5) is 12.4. The topological polar surface area (TPSA) is 84.4 Å². The molecule has 1 aliphatic rings. The van der Waals surface area contributed by atoms with Crippen LogP contribution in [0.3, 0.4) is 0 Å². The number of aliphatic hydroxyl groups excluding tert-OH is 1. The average molecular weight is 226 g/mol. The highest BCUT2D eigenvalue weighted by molar-refractivity contribution is 5.61. The second-order valence-corrected chi connectivity index (χ2v) is 4.03. The number of anilines is 1. The Labute approximate surface area is 92.4 Å². The molecule has 0 saturated carbocycles. The van der Waals surface area contributed by atoms with Crippen LogP contribution >= 0.6 is 0 Å². The zero-order chi connectivity index (χ0) is 11.9. The molecule has 7 nitrogen and oxygen atoms in total. The van der Waals surface area contributed by atoms with Gasteiger partial charge in [-0.1, -0.05) is 0 Å². The smallest absolute Gasteiger partial charge is 0.333 e. The highest BCUT2D eigenvalue weighted by atomic mass is 16.6. The molecule has 0 spiro atoms. The Balaban J connectivity index is 2.43. The second kappa shape index (κ2) is 3.75. The van der Waals surface area contributed by atoms with Crippen LogP contribution in [0.2, 0.25) is 0 Å². The maximum atomic E-state index is 11.0. The predicted molar refractivity (Wildman–Crippen MR) is 57.4 cm³/mol. The van der Waals surface area contributed by atoms with Crippen molar-refractivity contribution in [3.05, 3.63) is 15.8 Å². The lowest BCUT2D eigenvalue weighted by atomic mass is 10.3. The van der Waals surface area contributed by atoms with Crippen molar-refractivity contribution in [3.63, 3.8) is 0 Å². The van der Waals surface area contributed by atoms with E-state index in [2.05, 4.69) is 5.10 Å². The molecule has 1 atom stereocenters. The fourth-order valence-electron chi connectivity index (χ4n) is 2.14. The van der Waals surface area contributed by atoms with E-state index in [-0.39, 0.29) is 5.69 Å². The van der Waals surface area contributed by atoms with Crippen LogP contribution in [0.4, 0.5) is 11.5 Å². The molecule has 0 amide bonds. The van der Waals surface area contributed by atoms with Crippen molar-refractivity contribution in [2.75, 3.05) is 18.0 Å². The van der Waals surface area contributed by atoms with Gasteiger partial charge in [0.15, 0.2) is 0 Å². The third-order valence-electron chi connectivity index (χ3n) is 2.81. The summed E-state index contributed by atoms with van der Waals surface area (Å²) in [6, 6.07) is 0. The molecule has 2 heterocycles. The molecule has 1 N–H and O–H groups in total. The number of nitro groups is 1. The van der Waals surface area contributed by atoms with E-state index in [0.29, 0.717) is 31.0 Å². The van der Waals surface area contributed by atoms with E-state index < -0.39 is 11.0 Å². The summed E-state index contributed by atoms with van der Waals surface area (Å²) in [5.41, 5.74) is 0.445.